The van der Waals surface area contributed by atoms with E-state index < -0.39 is 18.4 Å². The predicted molar refractivity (Wildman–Crippen MR) is 98.7 cm³/mol. The summed E-state index contributed by atoms with van der Waals surface area (Å²) in [5, 5.41) is 15.8. The van der Waals surface area contributed by atoms with Gasteiger partial charge < -0.3 is 15.5 Å². The monoisotopic (exact) mass is 421 g/mol. The van der Waals surface area contributed by atoms with E-state index in [0.29, 0.717) is 22.4 Å². The standard InChI is InChI=1S/C18H21F2N7O3/c1-9-6-12(25-27(9)18(19)20)17(30)26-5-4-11-13(8-26)23-24-15(11)16(29)21-7-14(28)22-10-2-3-10/h6,10,18H,2-5,7-8H2,1H3,(H,21,29)(H,22,28)(H,23,24). The Morgan fingerprint density at radius 1 is 1.33 bits per heavy atom. The lowest BCUT2D eigenvalue weighted by Gasteiger charge is -2.26. The molecule has 4 rings (SSSR count). The molecule has 0 aromatic carbocycles. The summed E-state index contributed by atoms with van der Waals surface area (Å²) in [6.07, 6.45) is 2.29. The highest BCUT2D eigenvalue weighted by Gasteiger charge is 2.30. The Morgan fingerprint density at radius 3 is 2.77 bits per heavy atom. The van der Waals surface area contributed by atoms with Gasteiger partial charge >= 0.3 is 6.55 Å². The number of alkyl halides is 2. The van der Waals surface area contributed by atoms with Gasteiger partial charge in [0.05, 0.1) is 18.8 Å². The highest BCUT2D eigenvalue weighted by molar-refractivity contribution is 5.97. The number of aromatic amines is 1. The summed E-state index contributed by atoms with van der Waals surface area (Å²) in [6, 6.07) is 1.54. The molecular weight excluding hydrogens is 400 g/mol. The van der Waals surface area contributed by atoms with E-state index in [0.717, 1.165) is 12.8 Å². The van der Waals surface area contributed by atoms with Crippen molar-refractivity contribution in [2.45, 2.75) is 45.3 Å². The highest BCUT2D eigenvalue weighted by Crippen LogP contribution is 2.22. The van der Waals surface area contributed by atoms with Gasteiger partial charge in [-0.1, -0.05) is 0 Å². The van der Waals surface area contributed by atoms with E-state index in [1.807, 2.05) is 0 Å². The number of aryl methyl sites for hydroxylation is 1. The second kappa shape index (κ2) is 7.84. The maximum Gasteiger partial charge on any atom is 0.333 e. The van der Waals surface area contributed by atoms with E-state index >= 15 is 0 Å². The van der Waals surface area contributed by atoms with Crippen LogP contribution in [0.4, 0.5) is 8.78 Å². The number of nitrogens with one attached hydrogen (secondary N) is 3. The summed E-state index contributed by atoms with van der Waals surface area (Å²) in [7, 11) is 0. The SMILES string of the molecule is Cc1cc(C(=O)N2CCc3c(C(=O)NCC(=O)NC4CC4)n[nH]c3C2)nn1C(F)F. The maximum atomic E-state index is 12.9. The van der Waals surface area contributed by atoms with Gasteiger partial charge in [0.2, 0.25) is 5.91 Å². The molecule has 1 aliphatic carbocycles. The third-order valence-electron chi connectivity index (χ3n) is 5.11. The molecule has 0 atom stereocenters. The first-order valence-corrected chi connectivity index (χ1v) is 9.60. The zero-order valence-electron chi connectivity index (χ0n) is 16.2. The lowest BCUT2D eigenvalue weighted by atomic mass is 10.0. The molecule has 0 spiro atoms. The Labute approximate surface area is 170 Å². The largest absolute Gasteiger partial charge is 0.352 e. The number of rotatable bonds is 6. The van der Waals surface area contributed by atoms with Crippen molar-refractivity contribution in [3.8, 4) is 0 Å². The van der Waals surface area contributed by atoms with Crippen molar-refractivity contribution in [2.24, 2.45) is 0 Å². The molecule has 160 valence electrons. The van der Waals surface area contributed by atoms with Crippen LogP contribution in [-0.2, 0) is 17.8 Å². The summed E-state index contributed by atoms with van der Waals surface area (Å²) in [6.45, 7) is -1.06. The van der Waals surface area contributed by atoms with Gasteiger partial charge in [0.15, 0.2) is 11.4 Å². The van der Waals surface area contributed by atoms with E-state index in [4.69, 9.17) is 0 Å². The van der Waals surface area contributed by atoms with Gasteiger partial charge in [0.25, 0.3) is 11.8 Å². The summed E-state index contributed by atoms with van der Waals surface area (Å²) >= 11 is 0. The molecule has 2 aromatic rings. The number of H-pyrrole nitrogens is 1. The molecule has 3 heterocycles. The summed E-state index contributed by atoms with van der Waals surface area (Å²) in [4.78, 5) is 38.2. The van der Waals surface area contributed by atoms with Crippen LogP contribution in [0.2, 0.25) is 0 Å². The first kappa shape index (κ1) is 20.0. The van der Waals surface area contributed by atoms with Crippen LogP contribution in [0.15, 0.2) is 6.07 Å². The minimum Gasteiger partial charge on any atom is -0.352 e. The molecule has 0 saturated heterocycles. The topological polar surface area (TPSA) is 125 Å². The summed E-state index contributed by atoms with van der Waals surface area (Å²) in [5.41, 5.74) is 1.59. The Kier molecular flexibility index (Phi) is 5.22. The van der Waals surface area contributed by atoms with E-state index in [2.05, 4.69) is 25.9 Å². The molecule has 0 bridgehead atoms. The lowest BCUT2D eigenvalue weighted by molar-refractivity contribution is -0.120. The summed E-state index contributed by atoms with van der Waals surface area (Å²) in [5.74, 6) is -1.18. The zero-order chi connectivity index (χ0) is 21.4. The molecule has 2 aromatic heterocycles. The van der Waals surface area contributed by atoms with Crippen LogP contribution in [0.25, 0.3) is 0 Å². The number of fused-ring (bicyclic) bond motifs is 1. The highest BCUT2D eigenvalue weighted by atomic mass is 19.3. The van der Waals surface area contributed by atoms with Crippen molar-refractivity contribution in [3.63, 3.8) is 0 Å². The van der Waals surface area contributed by atoms with Gasteiger partial charge in [-0.25, -0.2) is 4.68 Å². The normalized spacial score (nSPS) is 15.8. The fraction of sp³-hybridized carbons (Fsp3) is 0.500. The summed E-state index contributed by atoms with van der Waals surface area (Å²) < 4.78 is 26.3. The molecule has 0 unspecified atom stereocenters. The van der Waals surface area contributed by atoms with Crippen molar-refractivity contribution in [2.75, 3.05) is 13.1 Å². The second-order valence-electron chi connectivity index (χ2n) is 7.42. The van der Waals surface area contributed by atoms with Crippen LogP contribution in [0.3, 0.4) is 0 Å². The fourth-order valence-electron chi connectivity index (χ4n) is 3.38. The number of hydrogen-bond acceptors (Lipinski definition) is 5. The van der Waals surface area contributed by atoms with E-state index in [9.17, 15) is 23.2 Å². The van der Waals surface area contributed by atoms with Gasteiger partial charge in [-0.05, 0) is 32.3 Å². The van der Waals surface area contributed by atoms with Crippen molar-refractivity contribution in [3.05, 3.63) is 34.4 Å². The Hall–Kier alpha value is -3.31. The molecule has 2 aliphatic rings. The smallest absolute Gasteiger partial charge is 0.333 e. The van der Waals surface area contributed by atoms with E-state index in [1.54, 1.807) is 0 Å². The quantitative estimate of drug-likeness (QED) is 0.627. The second-order valence-corrected chi connectivity index (χ2v) is 7.42. The molecule has 30 heavy (non-hydrogen) atoms. The predicted octanol–water partition coefficient (Wildman–Crippen LogP) is 0.517. The Balaban J connectivity index is 1.39. The first-order chi connectivity index (χ1) is 14.3. The molecule has 1 aliphatic heterocycles. The molecule has 1 saturated carbocycles. The van der Waals surface area contributed by atoms with Crippen LogP contribution >= 0.6 is 0 Å². The average Bonchev–Trinajstić information content (AvgIpc) is 3.28. The van der Waals surface area contributed by atoms with Crippen molar-refractivity contribution in [1.29, 1.82) is 0 Å². The first-order valence-electron chi connectivity index (χ1n) is 9.60. The molecule has 1 fully saturated rings. The molecule has 10 nitrogen and oxygen atoms in total. The third kappa shape index (κ3) is 4.02. The Morgan fingerprint density at radius 2 is 2.10 bits per heavy atom. The van der Waals surface area contributed by atoms with Crippen LogP contribution in [0.5, 0.6) is 0 Å². The van der Waals surface area contributed by atoms with Crippen molar-refractivity contribution < 1.29 is 23.2 Å². The van der Waals surface area contributed by atoms with Gasteiger partial charge in [-0.3, -0.25) is 19.5 Å². The minimum absolute atomic E-state index is 0.0598. The number of nitrogens with zero attached hydrogens (tertiary/aromatic N) is 4. The lowest BCUT2D eigenvalue weighted by Crippen LogP contribution is -2.39. The van der Waals surface area contributed by atoms with Crippen molar-refractivity contribution >= 4 is 17.7 Å². The van der Waals surface area contributed by atoms with Crippen LogP contribution in [-0.4, -0.2) is 61.7 Å². The van der Waals surface area contributed by atoms with Gasteiger partial charge in [0, 0.05) is 23.8 Å². The number of amides is 3. The number of halogens is 2. The molecular formula is C18H21F2N7O3. The number of hydrogen-bond donors (Lipinski definition) is 3. The van der Waals surface area contributed by atoms with Crippen LogP contribution in [0, 0.1) is 6.92 Å². The number of carbonyl (C=O) groups excluding carboxylic acids is 3. The zero-order valence-corrected chi connectivity index (χ0v) is 16.2. The van der Waals surface area contributed by atoms with E-state index in [-0.39, 0.29) is 48.7 Å². The minimum atomic E-state index is -2.82. The number of aromatic nitrogens is 4. The Bertz CT molecular complexity index is 996. The van der Waals surface area contributed by atoms with Crippen LogP contribution < -0.4 is 10.6 Å². The molecule has 3 amide bonds. The molecule has 0 radical (unpaired) electrons. The van der Waals surface area contributed by atoms with Gasteiger partial charge in [-0.2, -0.15) is 19.0 Å². The molecule has 12 heteroatoms. The van der Waals surface area contributed by atoms with Crippen LogP contribution in [0.1, 0.15) is 57.3 Å². The number of carbonyl (C=O) groups is 3. The maximum absolute atomic E-state index is 12.9. The van der Waals surface area contributed by atoms with Gasteiger partial charge in [-0.15, -0.1) is 0 Å². The van der Waals surface area contributed by atoms with Gasteiger partial charge in [0.1, 0.15) is 0 Å². The average molecular weight is 421 g/mol. The third-order valence-corrected chi connectivity index (χ3v) is 5.11. The fourth-order valence-corrected chi connectivity index (χ4v) is 3.38. The van der Waals surface area contributed by atoms with E-state index in [1.165, 1.54) is 17.9 Å². The van der Waals surface area contributed by atoms with Crippen molar-refractivity contribution in [1.82, 2.24) is 35.5 Å². The molecule has 3 N–H and O–H groups in total.